The maximum absolute atomic E-state index is 10.6. The number of hydrogen-bond donors (Lipinski definition) is 4. The molecular weight excluding hydrogens is 224 g/mol. The van der Waals surface area contributed by atoms with Crippen molar-refractivity contribution in [1.29, 1.82) is 0 Å². The molecule has 0 saturated heterocycles. The molecule has 6 heteroatoms. The van der Waals surface area contributed by atoms with Crippen molar-refractivity contribution in [2.75, 3.05) is 13.7 Å². The molecule has 1 aromatic carbocycles. The van der Waals surface area contributed by atoms with Gasteiger partial charge in [-0.05, 0) is 18.2 Å². The number of nitrogens with one attached hydrogen (secondary N) is 1. The van der Waals surface area contributed by atoms with E-state index in [0.717, 1.165) is 0 Å². The van der Waals surface area contributed by atoms with Crippen LogP contribution in [0.2, 0.25) is 0 Å². The van der Waals surface area contributed by atoms with E-state index in [9.17, 15) is 9.90 Å². The molecule has 5 N–H and O–H groups in total. The second kappa shape index (κ2) is 6.07. The number of aliphatic hydroxyl groups excluding tert-OH is 1. The van der Waals surface area contributed by atoms with Gasteiger partial charge in [0.25, 0.3) is 0 Å². The quantitative estimate of drug-likeness (QED) is 0.528. The summed E-state index contributed by atoms with van der Waals surface area (Å²) in [6.45, 7) is 0.333. The van der Waals surface area contributed by atoms with E-state index in [1.807, 2.05) is 0 Å². The van der Waals surface area contributed by atoms with E-state index in [1.54, 1.807) is 12.1 Å². The number of nitrogens with two attached hydrogens (primary N) is 1. The summed E-state index contributed by atoms with van der Waals surface area (Å²) in [5.74, 6) is -0.0470. The molecule has 0 radical (unpaired) electrons. The molecule has 1 rings (SSSR count). The topological polar surface area (TPSA) is 105 Å². The van der Waals surface area contributed by atoms with Crippen molar-refractivity contribution in [2.24, 2.45) is 5.73 Å². The Morgan fingerprint density at radius 2 is 2.29 bits per heavy atom. The van der Waals surface area contributed by atoms with Crippen LogP contribution in [-0.4, -0.2) is 35.9 Å². The van der Waals surface area contributed by atoms with Crippen LogP contribution in [0.15, 0.2) is 18.2 Å². The molecule has 0 heterocycles. The molecule has 0 spiro atoms. The van der Waals surface area contributed by atoms with Crippen molar-refractivity contribution < 1.29 is 19.7 Å². The third-order valence-electron chi connectivity index (χ3n) is 2.27. The van der Waals surface area contributed by atoms with Crippen LogP contribution in [-0.2, 0) is 11.3 Å². The number of aliphatic hydroxyl groups is 1. The van der Waals surface area contributed by atoms with Gasteiger partial charge in [0.15, 0.2) is 0 Å². The van der Waals surface area contributed by atoms with Crippen LogP contribution in [0.4, 0.5) is 0 Å². The van der Waals surface area contributed by atoms with Crippen LogP contribution >= 0.6 is 0 Å². The lowest BCUT2D eigenvalue weighted by Gasteiger charge is -2.10. The number of phenols is 1. The maximum Gasteiger partial charge on any atom is 0.247 e. The fourth-order valence-corrected chi connectivity index (χ4v) is 1.27. The van der Waals surface area contributed by atoms with Crippen molar-refractivity contribution in [3.8, 4) is 11.5 Å². The highest BCUT2D eigenvalue weighted by molar-refractivity contribution is 5.78. The summed E-state index contributed by atoms with van der Waals surface area (Å²) in [7, 11) is 1.53. The standard InChI is InChI=1S/C11H16N2O4/c1-17-8-2-3-9(14)7(4-8)5-13-6-10(15)11(12)16/h2-4,10,13-15H,5-6H2,1H3,(H2,12,16). The minimum absolute atomic E-state index is 0.0337. The second-order valence-electron chi connectivity index (χ2n) is 3.54. The van der Waals surface area contributed by atoms with Gasteiger partial charge < -0.3 is 26.0 Å². The minimum atomic E-state index is -1.23. The number of amides is 1. The van der Waals surface area contributed by atoms with E-state index in [4.69, 9.17) is 15.6 Å². The smallest absolute Gasteiger partial charge is 0.247 e. The third-order valence-corrected chi connectivity index (χ3v) is 2.27. The Morgan fingerprint density at radius 3 is 2.88 bits per heavy atom. The highest BCUT2D eigenvalue weighted by Crippen LogP contribution is 2.22. The summed E-state index contributed by atoms with van der Waals surface area (Å²) < 4.78 is 5.01. The number of phenolic OH excluding ortho intramolecular Hbond substituents is 1. The predicted molar refractivity (Wildman–Crippen MR) is 61.6 cm³/mol. The molecule has 0 aliphatic heterocycles. The molecule has 0 bridgehead atoms. The zero-order chi connectivity index (χ0) is 12.8. The lowest BCUT2D eigenvalue weighted by atomic mass is 10.2. The van der Waals surface area contributed by atoms with E-state index in [0.29, 0.717) is 17.9 Å². The average molecular weight is 240 g/mol. The lowest BCUT2D eigenvalue weighted by Crippen LogP contribution is -2.37. The van der Waals surface area contributed by atoms with Gasteiger partial charge in [0.05, 0.1) is 7.11 Å². The Balaban J connectivity index is 2.54. The van der Waals surface area contributed by atoms with Crippen molar-refractivity contribution in [1.82, 2.24) is 5.32 Å². The van der Waals surface area contributed by atoms with Gasteiger partial charge in [-0.1, -0.05) is 0 Å². The molecule has 1 unspecified atom stereocenters. The van der Waals surface area contributed by atoms with Crippen molar-refractivity contribution in [3.05, 3.63) is 23.8 Å². The van der Waals surface area contributed by atoms with Crippen LogP contribution in [0.1, 0.15) is 5.56 Å². The number of ether oxygens (including phenoxy) is 1. The van der Waals surface area contributed by atoms with Gasteiger partial charge in [0, 0.05) is 18.7 Å². The molecule has 1 aromatic rings. The van der Waals surface area contributed by atoms with Gasteiger partial charge in [0.2, 0.25) is 5.91 Å². The van der Waals surface area contributed by atoms with Gasteiger partial charge in [-0.25, -0.2) is 0 Å². The van der Waals surface area contributed by atoms with Crippen molar-refractivity contribution in [2.45, 2.75) is 12.6 Å². The first-order chi connectivity index (χ1) is 8.04. The highest BCUT2D eigenvalue weighted by atomic mass is 16.5. The normalized spacial score (nSPS) is 12.1. The van der Waals surface area contributed by atoms with Crippen LogP contribution < -0.4 is 15.8 Å². The van der Waals surface area contributed by atoms with Gasteiger partial charge in [-0.2, -0.15) is 0 Å². The molecule has 0 aromatic heterocycles. The number of primary amides is 1. The van der Waals surface area contributed by atoms with E-state index in [-0.39, 0.29) is 12.3 Å². The Hall–Kier alpha value is -1.79. The first-order valence-corrected chi connectivity index (χ1v) is 5.08. The number of methoxy groups -OCH3 is 1. The van der Waals surface area contributed by atoms with Crippen LogP contribution in [0.3, 0.4) is 0 Å². The van der Waals surface area contributed by atoms with E-state index >= 15 is 0 Å². The van der Waals surface area contributed by atoms with Gasteiger partial charge in [0.1, 0.15) is 17.6 Å². The molecular formula is C11H16N2O4. The molecule has 0 fully saturated rings. The fraction of sp³-hybridized carbons (Fsp3) is 0.364. The number of hydrogen-bond acceptors (Lipinski definition) is 5. The van der Waals surface area contributed by atoms with E-state index in [2.05, 4.69) is 5.32 Å². The van der Waals surface area contributed by atoms with Crippen molar-refractivity contribution >= 4 is 5.91 Å². The zero-order valence-electron chi connectivity index (χ0n) is 9.51. The zero-order valence-corrected chi connectivity index (χ0v) is 9.51. The number of benzene rings is 1. The molecule has 1 atom stereocenters. The predicted octanol–water partition coefficient (Wildman–Crippen LogP) is -0.663. The maximum atomic E-state index is 10.6. The molecule has 6 nitrogen and oxygen atoms in total. The summed E-state index contributed by atoms with van der Waals surface area (Å²) in [6, 6.07) is 4.82. The van der Waals surface area contributed by atoms with Crippen LogP contribution in [0, 0.1) is 0 Å². The number of carbonyl (C=O) groups is 1. The fourth-order valence-electron chi connectivity index (χ4n) is 1.27. The number of rotatable bonds is 6. The van der Waals surface area contributed by atoms with Gasteiger partial charge in [-0.3, -0.25) is 4.79 Å². The van der Waals surface area contributed by atoms with Crippen LogP contribution in [0.5, 0.6) is 11.5 Å². The summed E-state index contributed by atoms with van der Waals surface area (Å²) in [6.07, 6.45) is -1.23. The lowest BCUT2D eigenvalue weighted by molar-refractivity contribution is -0.125. The summed E-state index contributed by atoms with van der Waals surface area (Å²) in [5, 5.41) is 21.5. The largest absolute Gasteiger partial charge is 0.508 e. The SMILES string of the molecule is COc1ccc(O)c(CNCC(O)C(N)=O)c1. The van der Waals surface area contributed by atoms with E-state index < -0.39 is 12.0 Å². The molecule has 94 valence electrons. The van der Waals surface area contributed by atoms with Crippen molar-refractivity contribution in [3.63, 3.8) is 0 Å². The minimum Gasteiger partial charge on any atom is -0.508 e. The Bertz CT molecular complexity index is 395. The molecule has 0 aliphatic rings. The Morgan fingerprint density at radius 1 is 1.59 bits per heavy atom. The van der Waals surface area contributed by atoms with Gasteiger partial charge >= 0.3 is 0 Å². The molecule has 0 aliphatic carbocycles. The number of aromatic hydroxyl groups is 1. The third kappa shape index (κ3) is 3.93. The number of carbonyl (C=O) groups excluding carboxylic acids is 1. The molecule has 0 saturated carbocycles. The highest BCUT2D eigenvalue weighted by Gasteiger charge is 2.10. The summed E-state index contributed by atoms with van der Waals surface area (Å²) in [4.78, 5) is 10.6. The first kappa shape index (κ1) is 13.3. The Kier molecular flexibility index (Phi) is 4.74. The second-order valence-corrected chi connectivity index (χ2v) is 3.54. The monoisotopic (exact) mass is 240 g/mol. The average Bonchev–Trinajstić information content (AvgIpc) is 2.31. The Labute approximate surface area is 99.0 Å². The van der Waals surface area contributed by atoms with Crippen LogP contribution in [0.25, 0.3) is 0 Å². The summed E-state index contributed by atoms with van der Waals surface area (Å²) in [5.41, 5.74) is 5.50. The van der Waals surface area contributed by atoms with Gasteiger partial charge in [-0.15, -0.1) is 0 Å². The summed E-state index contributed by atoms with van der Waals surface area (Å²) >= 11 is 0. The first-order valence-electron chi connectivity index (χ1n) is 5.08. The van der Waals surface area contributed by atoms with E-state index in [1.165, 1.54) is 13.2 Å². The molecule has 1 amide bonds. The molecule has 17 heavy (non-hydrogen) atoms.